The Morgan fingerprint density at radius 1 is 1.10 bits per heavy atom. The number of aromatic amines is 1. The first-order chi connectivity index (χ1) is 14.8. The molecule has 31 heavy (non-hydrogen) atoms. The predicted molar refractivity (Wildman–Crippen MR) is 120 cm³/mol. The molecule has 1 aliphatic heterocycles. The van der Waals surface area contributed by atoms with Crippen LogP contribution in [0, 0.1) is 5.41 Å². The van der Waals surface area contributed by atoms with Crippen LogP contribution < -0.4 is 10.1 Å². The van der Waals surface area contributed by atoms with Crippen molar-refractivity contribution in [3.8, 4) is 5.75 Å². The summed E-state index contributed by atoms with van der Waals surface area (Å²) in [5, 5.41) is 4.30. The lowest BCUT2D eigenvalue weighted by molar-refractivity contribution is -0.277. The quantitative estimate of drug-likeness (QED) is 0.624. The van der Waals surface area contributed by atoms with Gasteiger partial charge in [-0.15, -0.1) is 0 Å². The topological polar surface area (TPSA) is 72.6 Å². The van der Waals surface area contributed by atoms with E-state index in [0.29, 0.717) is 19.8 Å². The van der Waals surface area contributed by atoms with E-state index in [1.54, 1.807) is 7.11 Å². The SMILES string of the molecule is COc1ccc(C(CNC(=O)C2(C)COC(C)(C)OC2)c2c[nH]c3ccccc23)cc1. The molecule has 2 aromatic carbocycles. The van der Waals surface area contributed by atoms with Gasteiger partial charge >= 0.3 is 0 Å². The van der Waals surface area contributed by atoms with E-state index in [9.17, 15) is 4.79 Å². The molecule has 6 nitrogen and oxygen atoms in total. The second-order valence-corrected chi connectivity index (χ2v) is 8.86. The first-order valence-electron chi connectivity index (χ1n) is 10.6. The number of para-hydroxylation sites is 1. The van der Waals surface area contributed by atoms with Gasteiger partial charge in [0.15, 0.2) is 5.79 Å². The molecule has 6 heteroatoms. The molecule has 2 heterocycles. The van der Waals surface area contributed by atoms with Crippen molar-refractivity contribution in [2.24, 2.45) is 5.41 Å². The maximum Gasteiger partial charge on any atom is 0.230 e. The molecular weight excluding hydrogens is 392 g/mol. The van der Waals surface area contributed by atoms with Crippen molar-refractivity contribution in [3.05, 3.63) is 65.9 Å². The summed E-state index contributed by atoms with van der Waals surface area (Å²) in [6.07, 6.45) is 2.03. The van der Waals surface area contributed by atoms with Gasteiger partial charge in [-0.25, -0.2) is 0 Å². The number of methoxy groups -OCH3 is 1. The third-order valence-electron chi connectivity index (χ3n) is 6.01. The van der Waals surface area contributed by atoms with Gasteiger partial charge < -0.3 is 24.5 Å². The van der Waals surface area contributed by atoms with Crippen LogP contribution in [-0.4, -0.2) is 43.5 Å². The number of aromatic nitrogens is 1. The number of amides is 1. The summed E-state index contributed by atoms with van der Waals surface area (Å²) in [5.74, 6) is 0.0602. The third kappa shape index (κ3) is 4.45. The van der Waals surface area contributed by atoms with Gasteiger partial charge in [0.05, 0.1) is 25.7 Å². The summed E-state index contributed by atoms with van der Waals surface area (Å²) >= 11 is 0. The number of fused-ring (bicyclic) bond motifs is 1. The van der Waals surface area contributed by atoms with Crippen LogP contribution in [0.25, 0.3) is 10.9 Å². The van der Waals surface area contributed by atoms with Crippen molar-refractivity contribution >= 4 is 16.8 Å². The molecular formula is C25H30N2O4. The molecule has 1 unspecified atom stereocenters. The Morgan fingerprint density at radius 3 is 2.45 bits per heavy atom. The Morgan fingerprint density at radius 2 is 1.77 bits per heavy atom. The fourth-order valence-corrected chi connectivity index (χ4v) is 3.91. The maximum atomic E-state index is 13.1. The molecule has 1 aromatic heterocycles. The van der Waals surface area contributed by atoms with Crippen LogP contribution in [0.3, 0.4) is 0 Å². The molecule has 3 aromatic rings. The Labute approximate surface area is 182 Å². The molecule has 4 rings (SSSR count). The highest BCUT2D eigenvalue weighted by Crippen LogP contribution is 2.33. The average Bonchev–Trinajstić information content (AvgIpc) is 3.20. The van der Waals surface area contributed by atoms with E-state index in [1.807, 2.05) is 51.2 Å². The lowest BCUT2D eigenvalue weighted by atomic mass is 9.88. The number of hydrogen-bond acceptors (Lipinski definition) is 4. The normalized spacial score (nSPS) is 18.5. The Hall–Kier alpha value is -2.83. The number of H-pyrrole nitrogens is 1. The minimum absolute atomic E-state index is 0.0172. The summed E-state index contributed by atoms with van der Waals surface area (Å²) in [7, 11) is 1.66. The van der Waals surface area contributed by atoms with Gasteiger partial charge in [-0.05, 0) is 50.1 Å². The number of ether oxygens (including phenoxy) is 3. The molecule has 2 N–H and O–H groups in total. The second kappa shape index (κ2) is 8.36. The predicted octanol–water partition coefficient (Wildman–Crippen LogP) is 4.21. The van der Waals surface area contributed by atoms with E-state index < -0.39 is 11.2 Å². The van der Waals surface area contributed by atoms with E-state index in [4.69, 9.17) is 14.2 Å². The number of benzene rings is 2. The van der Waals surface area contributed by atoms with Gasteiger partial charge in [0.2, 0.25) is 5.91 Å². The van der Waals surface area contributed by atoms with E-state index >= 15 is 0 Å². The zero-order valence-electron chi connectivity index (χ0n) is 18.5. The third-order valence-corrected chi connectivity index (χ3v) is 6.01. The summed E-state index contributed by atoms with van der Waals surface area (Å²) in [6, 6.07) is 16.2. The van der Waals surface area contributed by atoms with Crippen LogP contribution in [0.1, 0.15) is 37.8 Å². The molecule has 1 saturated heterocycles. The molecule has 0 bridgehead atoms. The van der Waals surface area contributed by atoms with Crippen LogP contribution in [0.4, 0.5) is 0 Å². The highest BCUT2D eigenvalue weighted by Gasteiger charge is 2.42. The number of rotatable bonds is 6. The number of nitrogens with one attached hydrogen (secondary N) is 2. The number of carbonyl (C=O) groups excluding carboxylic acids is 1. The first kappa shape index (κ1) is 21.4. The van der Waals surface area contributed by atoms with E-state index in [1.165, 1.54) is 0 Å². The fraction of sp³-hybridized carbons (Fsp3) is 0.400. The molecule has 0 spiro atoms. The van der Waals surface area contributed by atoms with Crippen molar-refractivity contribution in [3.63, 3.8) is 0 Å². The highest BCUT2D eigenvalue weighted by molar-refractivity contribution is 5.85. The molecule has 1 amide bonds. The van der Waals surface area contributed by atoms with Gasteiger partial charge in [0.1, 0.15) is 5.75 Å². The molecule has 1 aliphatic rings. The molecule has 0 aliphatic carbocycles. The van der Waals surface area contributed by atoms with E-state index in [-0.39, 0.29) is 11.8 Å². The van der Waals surface area contributed by atoms with Crippen LogP contribution >= 0.6 is 0 Å². The second-order valence-electron chi connectivity index (χ2n) is 8.86. The molecule has 1 atom stereocenters. The van der Waals surface area contributed by atoms with Gasteiger partial charge in [-0.3, -0.25) is 4.79 Å². The Kier molecular flexibility index (Phi) is 5.77. The summed E-state index contributed by atoms with van der Waals surface area (Å²) in [4.78, 5) is 16.5. The van der Waals surface area contributed by atoms with Crippen molar-refractivity contribution in [1.29, 1.82) is 0 Å². The summed E-state index contributed by atoms with van der Waals surface area (Å²) in [5.41, 5.74) is 2.60. The maximum absolute atomic E-state index is 13.1. The minimum atomic E-state index is -0.722. The first-order valence-corrected chi connectivity index (χ1v) is 10.6. The fourth-order valence-electron chi connectivity index (χ4n) is 3.91. The van der Waals surface area contributed by atoms with E-state index in [2.05, 4.69) is 34.6 Å². The smallest absolute Gasteiger partial charge is 0.230 e. The molecule has 164 valence electrons. The van der Waals surface area contributed by atoms with Gasteiger partial charge in [0, 0.05) is 29.6 Å². The average molecular weight is 423 g/mol. The van der Waals surface area contributed by atoms with Crippen molar-refractivity contribution in [1.82, 2.24) is 10.3 Å². The van der Waals surface area contributed by atoms with Crippen LogP contribution in [-0.2, 0) is 14.3 Å². The molecule has 0 saturated carbocycles. The highest BCUT2D eigenvalue weighted by atomic mass is 16.7. The Balaban J connectivity index is 1.58. The molecule has 0 radical (unpaired) electrons. The zero-order chi connectivity index (χ0) is 22.1. The minimum Gasteiger partial charge on any atom is -0.497 e. The lowest BCUT2D eigenvalue weighted by Crippen LogP contribution is -2.53. The number of carbonyl (C=O) groups is 1. The summed E-state index contributed by atoms with van der Waals surface area (Å²) in [6.45, 7) is 6.72. The van der Waals surface area contributed by atoms with Crippen LogP contribution in [0.15, 0.2) is 54.7 Å². The van der Waals surface area contributed by atoms with Crippen LogP contribution in [0.5, 0.6) is 5.75 Å². The summed E-state index contributed by atoms with van der Waals surface area (Å²) < 4.78 is 16.8. The van der Waals surface area contributed by atoms with Crippen molar-refractivity contribution < 1.29 is 19.0 Å². The van der Waals surface area contributed by atoms with Crippen molar-refractivity contribution in [2.45, 2.75) is 32.5 Å². The zero-order valence-corrected chi connectivity index (χ0v) is 18.5. The van der Waals surface area contributed by atoms with Gasteiger partial charge in [-0.2, -0.15) is 0 Å². The standard InChI is InChI=1S/C25H30N2O4/c1-24(2)30-15-25(3,16-31-24)23(28)27-13-20(17-9-11-18(29-4)12-10-17)21-14-26-22-8-6-5-7-19(21)22/h5-12,14,20,26H,13,15-16H2,1-4H3,(H,27,28). The number of hydrogen-bond donors (Lipinski definition) is 2. The Bertz CT molecular complexity index is 1040. The van der Waals surface area contributed by atoms with E-state index in [0.717, 1.165) is 27.8 Å². The largest absolute Gasteiger partial charge is 0.497 e. The van der Waals surface area contributed by atoms with Gasteiger partial charge in [-0.1, -0.05) is 30.3 Å². The monoisotopic (exact) mass is 422 g/mol. The molecule has 1 fully saturated rings. The van der Waals surface area contributed by atoms with Crippen LogP contribution in [0.2, 0.25) is 0 Å². The lowest BCUT2D eigenvalue weighted by Gasteiger charge is -2.40. The van der Waals surface area contributed by atoms with Crippen molar-refractivity contribution in [2.75, 3.05) is 26.9 Å². The van der Waals surface area contributed by atoms with Gasteiger partial charge in [0.25, 0.3) is 0 Å².